The first-order chi connectivity index (χ1) is 17.4. The second-order valence-electron chi connectivity index (χ2n) is 8.56. The van der Waals surface area contributed by atoms with Crippen LogP contribution in [0, 0.1) is 17.5 Å². The lowest BCUT2D eigenvalue weighted by Crippen LogP contribution is -2.25. The van der Waals surface area contributed by atoms with Crippen molar-refractivity contribution in [3.8, 4) is 5.69 Å². The highest BCUT2D eigenvalue weighted by Gasteiger charge is 2.26. The lowest BCUT2D eigenvalue weighted by Gasteiger charge is -2.11. The van der Waals surface area contributed by atoms with Gasteiger partial charge in [-0.3, -0.25) is 14.2 Å². The van der Waals surface area contributed by atoms with E-state index in [9.17, 15) is 22.0 Å². The molecule has 0 unspecified atom stereocenters. The van der Waals surface area contributed by atoms with Gasteiger partial charge in [0, 0.05) is 17.7 Å². The van der Waals surface area contributed by atoms with E-state index in [-0.39, 0.29) is 34.1 Å². The molecule has 0 radical (unpaired) electrons. The van der Waals surface area contributed by atoms with Crippen LogP contribution in [0.1, 0.15) is 19.9 Å². The zero-order valence-electron chi connectivity index (χ0n) is 19.5. The molecule has 0 aliphatic carbocycles. The molecule has 5 aromatic rings. The first kappa shape index (κ1) is 24.3. The van der Waals surface area contributed by atoms with Gasteiger partial charge in [-0.05, 0) is 38.1 Å². The van der Waals surface area contributed by atoms with Crippen LogP contribution in [-0.2, 0) is 9.84 Å². The van der Waals surface area contributed by atoms with Gasteiger partial charge in [-0.25, -0.2) is 26.4 Å². The lowest BCUT2D eigenvalue weighted by atomic mass is 10.2. The predicted octanol–water partition coefficient (Wildman–Crippen LogP) is 3.19. The van der Waals surface area contributed by atoms with Crippen molar-refractivity contribution >= 4 is 49.4 Å². The number of hydrogen-bond acceptors (Lipinski definition) is 8. The number of nitrogens with zero attached hydrogens (tertiary/aromatic N) is 5. The molecule has 0 amide bonds. The molecule has 2 aromatic carbocycles. The van der Waals surface area contributed by atoms with Crippen LogP contribution in [0.25, 0.3) is 27.8 Å². The normalized spacial score (nSPS) is 12.2. The van der Waals surface area contributed by atoms with Crippen LogP contribution >= 0.6 is 0 Å². The number of halogens is 3. The molecule has 0 saturated carbocycles. The molecule has 0 aliphatic heterocycles. The van der Waals surface area contributed by atoms with Crippen molar-refractivity contribution in [3.05, 3.63) is 58.4 Å². The maximum Gasteiger partial charge on any atom is 0.335 e. The molecule has 4 N–H and O–H groups in total. The number of nitrogens with two attached hydrogens (primary N) is 1. The van der Waals surface area contributed by atoms with Crippen LogP contribution in [0.4, 0.5) is 30.6 Å². The van der Waals surface area contributed by atoms with E-state index in [1.165, 1.54) is 16.8 Å². The van der Waals surface area contributed by atoms with E-state index in [0.717, 1.165) is 23.0 Å². The molecule has 0 fully saturated rings. The third-order valence-corrected chi connectivity index (χ3v) is 6.84. The SMILES string of the molecule is CC(C)n1c(=O)n(-c2ccc3cn[nH]c3c2F)c2c(N)nc(Nc3ccc(S(C)(=O)=O)c(F)c3F)nc21. The Morgan fingerprint density at radius 2 is 1.78 bits per heavy atom. The van der Waals surface area contributed by atoms with Gasteiger partial charge in [0.15, 0.2) is 38.8 Å². The topological polar surface area (TPSA) is 154 Å². The maximum atomic E-state index is 15.3. The highest BCUT2D eigenvalue weighted by molar-refractivity contribution is 7.90. The van der Waals surface area contributed by atoms with Gasteiger partial charge in [-0.2, -0.15) is 15.1 Å². The van der Waals surface area contributed by atoms with Crippen molar-refractivity contribution in [3.63, 3.8) is 0 Å². The van der Waals surface area contributed by atoms with Gasteiger partial charge in [0.05, 0.1) is 17.6 Å². The number of benzene rings is 2. The molecule has 192 valence electrons. The summed E-state index contributed by atoms with van der Waals surface area (Å²) in [4.78, 5) is 20.9. The molecule has 5 rings (SSSR count). The molecule has 0 bridgehead atoms. The van der Waals surface area contributed by atoms with Gasteiger partial charge in [0.1, 0.15) is 15.9 Å². The van der Waals surface area contributed by atoms with Crippen molar-refractivity contribution < 1.29 is 21.6 Å². The van der Waals surface area contributed by atoms with Crippen LogP contribution in [0.5, 0.6) is 0 Å². The Hall–Kier alpha value is -4.40. The highest BCUT2D eigenvalue weighted by atomic mass is 32.2. The summed E-state index contributed by atoms with van der Waals surface area (Å²) in [7, 11) is -4.01. The fraction of sp³-hybridized carbons (Fsp3) is 0.182. The van der Waals surface area contributed by atoms with E-state index in [4.69, 9.17) is 5.73 Å². The van der Waals surface area contributed by atoms with Gasteiger partial charge in [-0.15, -0.1) is 0 Å². The van der Waals surface area contributed by atoms with Crippen molar-refractivity contribution in [2.24, 2.45) is 0 Å². The number of fused-ring (bicyclic) bond motifs is 2. The Morgan fingerprint density at radius 3 is 2.46 bits per heavy atom. The standard InChI is InChI=1S/C22H19F3N8O3S/c1-9(2)32-20-18(33(22(32)34)12-6-4-10-8-27-31-17(10)15(12)24)19(26)29-21(30-20)28-11-5-7-13(37(3,35)36)16(25)14(11)23/h4-9H,1-3H3,(H,27,31)(H3,26,28,29,30). The molecular formula is C22H19F3N8O3S. The Labute approximate surface area is 206 Å². The average molecular weight is 533 g/mol. The summed E-state index contributed by atoms with van der Waals surface area (Å²) >= 11 is 0. The molecule has 3 heterocycles. The number of imidazole rings is 1. The van der Waals surface area contributed by atoms with Gasteiger partial charge in [0.2, 0.25) is 5.95 Å². The Morgan fingerprint density at radius 1 is 1.05 bits per heavy atom. The fourth-order valence-electron chi connectivity index (χ4n) is 4.06. The van der Waals surface area contributed by atoms with E-state index in [1.807, 2.05) is 0 Å². The maximum absolute atomic E-state index is 15.3. The van der Waals surface area contributed by atoms with E-state index < -0.39 is 49.6 Å². The number of aromatic nitrogens is 6. The van der Waals surface area contributed by atoms with Crippen LogP contribution < -0.4 is 16.7 Å². The first-order valence-corrected chi connectivity index (χ1v) is 12.7. The minimum absolute atomic E-state index is 0.00101. The predicted molar refractivity (Wildman–Crippen MR) is 130 cm³/mol. The van der Waals surface area contributed by atoms with Crippen molar-refractivity contribution in [2.75, 3.05) is 17.3 Å². The summed E-state index contributed by atoms with van der Waals surface area (Å²) in [6.45, 7) is 3.40. The Kier molecular flexibility index (Phi) is 5.47. The number of nitrogens with one attached hydrogen (secondary N) is 2. The lowest BCUT2D eigenvalue weighted by molar-refractivity contribution is 0.488. The molecule has 0 atom stereocenters. The van der Waals surface area contributed by atoms with E-state index in [0.29, 0.717) is 5.39 Å². The van der Waals surface area contributed by atoms with Gasteiger partial charge < -0.3 is 11.1 Å². The molecule has 37 heavy (non-hydrogen) atoms. The van der Waals surface area contributed by atoms with Crippen molar-refractivity contribution in [2.45, 2.75) is 24.8 Å². The number of sulfone groups is 1. The van der Waals surface area contributed by atoms with E-state index >= 15 is 4.39 Å². The number of nitrogen functional groups attached to an aromatic ring is 1. The molecule has 3 aromatic heterocycles. The number of rotatable bonds is 5. The first-order valence-electron chi connectivity index (χ1n) is 10.8. The van der Waals surface area contributed by atoms with Gasteiger partial charge in [0.25, 0.3) is 0 Å². The summed E-state index contributed by atoms with van der Waals surface area (Å²) in [5, 5.41) is 9.32. The number of hydrogen-bond donors (Lipinski definition) is 3. The summed E-state index contributed by atoms with van der Waals surface area (Å²) < 4.78 is 70.0. The number of aromatic amines is 1. The monoisotopic (exact) mass is 532 g/mol. The average Bonchev–Trinajstić information content (AvgIpc) is 3.39. The quantitative estimate of drug-likeness (QED) is 0.312. The third kappa shape index (κ3) is 3.78. The zero-order valence-corrected chi connectivity index (χ0v) is 20.4. The van der Waals surface area contributed by atoms with Crippen LogP contribution in [-0.4, -0.2) is 44.0 Å². The van der Waals surface area contributed by atoms with Gasteiger partial charge in [-0.1, -0.05) is 0 Å². The Bertz CT molecular complexity index is 1890. The Balaban J connectivity index is 1.71. The van der Waals surface area contributed by atoms with Crippen LogP contribution in [0.15, 0.2) is 40.2 Å². The molecule has 0 spiro atoms. The highest BCUT2D eigenvalue weighted by Crippen LogP contribution is 2.30. The van der Waals surface area contributed by atoms with E-state index in [2.05, 4.69) is 25.5 Å². The summed E-state index contributed by atoms with van der Waals surface area (Å²) in [5.41, 5.74) is 5.03. The summed E-state index contributed by atoms with van der Waals surface area (Å²) in [6, 6.07) is 4.42. The number of H-pyrrole nitrogens is 1. The van der Waals surface area contributed by atoms with Crippen LogP contribution in [0.2, 0.25) is 0 Å². The summed E-state index contributed by atoms with van der Waals surface area (Å²) in [6.07, 6.45) is 2.18. The second-order valence-corrected chi connectivity index (χ2v) is 10.5. The van der Waals surface area contributed by atoms with Crippen molar-refractivity contribution in [1.82, 2.24) is 29.3 Å². The fourth-order valence-corrected chi connectivity index (χ4v) is 4.79. The van der Waals surface area contributed by atoms with Crippen LogP contribution in [0.3, 0.4) is 0 Å². The molecule has 15 heteroatoms. The third-order valence-electron chi connectivity index (χ3n) is 5.73. The molecule has 11 nitrogen and oxygen atoms in total. The summed E-state index contributed by atoms with van der Waals surface area (Å²) in [5.74, 6) is -4.34. The minimum atomic E-state index is -4.01. The van der Waals surface area contributed by atoms with E-state index in [1.54, 1.807) is 19.9 Å². The molecule has 0 aliphatic rings. The van der Waals surface area contributed by atoms with Gasteiger partial charge >= 0.3 is 5.69 Å². The second kappa shape index (κ2) is 8.33. The minimum Gasteiger partial charge on any atom is -0.382 e. The molecule has 0 saturated heterocycles. The zero-order chi connectivity index (χ0) is 26.8. The smallest absolute Gasteiger partial charge is 0.335 e. The number of anilines is 3. The largest absolute Gasteiger partial charge is 0.382 e. The molecular weight excluding hydrogens is 513 g/mol. The van der Waals surface area contributed by atoms with Crippen molar-refractivity contribution in [1.29, 1.82) is 0 Å².